The zero-order chi connectivity index (χ0) is 21.1. The quantitative estimate of drug-likeness (QED) is 0.426. The molecular formula is C21H28N4O3S. The maximum atomic E-state index is 12.3. The van der Waals surface area contributed by atoms with Crippen molar-refractivity contribution < 1.29 is 13.2 Å². The summed E-state index contributed by atoms with van der Waals surface area (Å²) in [7, 11) is -1.75. The van der Waals surface area contributed by atoms with Gasteiger partial charge in [0, 0.05) is 25.7 Å². The minimum atomic E-state index is -3.35. The summed E-state index contributed by atoms with van der Waals surface area (Å²) in [5, 5.41) is 8.93. The summed E-state index contributed by atoms with van der Waals surface area (Å²) in [6.45, 7) is 3.39. The van der Waals surface area contributed by atoms with Crippen LogP contribution in [0.15, 0.2) is 64.5 Å². The first-order valence-corrected chi connectivity index (χ1v) is 11.2. The van der Waals surface area contributed by atoms with Crippen molar-refractivity contribution in [3.05, 3.63) is 65.7 Å². The first kappa shape index (κ1) is 22.4. The number of rotatable bonds is 9. The van der Waals surface area contributed by atoms with Gasteiger partial charge in [-0.05, 0) is 43.2 Å². The number of amides is 1. The Bertz CT molecular complexity index is 928. The number of sulfone groups is 1. The summed E-state index contributed by atoms with van der Waals surface area (Å²) in [4.78, 5) is 16.4. The van der Waals surface area contributed by atoms with Gasteiger partial charge in [0.2, 0.25) is 0 Å². The van der Waals surface area contributed by atoms with Gasteiger partial charge in [0.1, 0.15) is 0 Å². The molecule has 0 aliphatic rings. The van der Waals surface area contributed by atoms with Crippen molar-refractivity contribution >= 4 is 21.7 Å². The monoisotopic (exact) mass is 416 g/mol. The number of carbonyl (C=O) groups excluding carboxylic acids is 1. The van der Waals surface area contributed by atoms with Crippen LogP contribution in [0.25, 0.3) is 0 Å². The average Bonchev–Trinajstić information content (AvgIpc) is 2.74. The summed E-state index contributed by atoms with van der Waals surface area (Å²) < 4.78 is 24.7. The zero-order valence-corrected chi connectivity index (χ0v) is 17.6. The van der Waals surface area contributed by atoms with E-state index in [1.165, 1.54) is 0 Å². The van der Waals surface area contributed by atoms with Crippen molar-refractivity contribution in [3.8, 4) is 0 Å². The molecule has 2 aromatic carbocycles. The van der Waals surface area contributed by atoms with Crippen LogP contribution in [0.3, 0.4) is 0 Å². The van der Waals surface area contributed by atoms with E-state index in [1.807, 2.05) is 25.1 Å². The lowest BCUT2D eigenvalue weighted by molar-refractivity contribution is 0.0963. The number of hydrogen-bond acceptors (Lipinski definition) is 4. The summed E-state index contributed by atoms with van der Waals surface area (Å²) in [6, 6.07) is 15.8. The molecule has 0 heterocycles. The standard InChI is InChI=1S/C21H28N4O3S/c1-3-23-21(25-14-15-29(27,28)19-10-5-4-6-11-19)24-13-12-17-8-7-9-18(16-17)20(26)22-2/h4-11,16H,3,12-15H2,1-2H3,(H,22,26)(H2,23,24,25). The molecule has 0 aromatic heterocycles. The van der Waals surface area contributed by atoms with E-state index in [0.29, 0.717) is 35.9 Å². The highest BCUT2D eigenvalue weighted by Crippen LogP contribution is 2.09. The molecule has 8 heteroatoms. The maximum Gasteiger partial charge on any atom is 0.251 e. The molecule has 2 rings (SSSR count). The fourth-order valence-corrected chi connectivity index (χ4v) is 3.84. The van der Waals surface area contributed by atoms with Crippen LogP contribution in [0.1, 0.15) is 22.8 Å². The van der Waals surface area contributed by atoms with Gasteiger partial charge >= 0.3 is 0 Å². The number of hydrogen-bond donors (Lipinski definition) is 3. The molecular weight excluding hydrogens is 388 g/mol. The SMILES string of the molecule is CCNC(=NCCS(=O)(=O)c1ccccc1)NCCc1cccc(C(=O)NC)c1. The van der Waals surface area contributed by atoms with E-state index in [0.717, 1.165) is 5.56 Å². The fraction of sp³-hybridized carbons (Fsp3) is 0.333. The molecule has 1 amide bonds. The minimum Gasteiger partial charge on any atom is -0.357 e. The molecule has 0 atom stereocenters. The molecule has 0 spiro atoms. The maximum absolute atomic E-state index is 12.3. The van der Waals surface area contributed by atoms with Crippen LogP contribution in [0, 0.1) is 0 Å². The van der Waals surface area contributed by atoms with Gasteiger partial charge < -0.3 is 16.0 Å². The Morgan fingerprint density at radius 2 is 1.79 bits per heavy atom. The van der Waals surface area contributed by atoms with Crippen LogP contribution in [-0.4, -0.2) is 52.7 Å². The van der Waals surface area contributed by atoms with Crippen LogP contribution in [0.2, 0.25) is 0 Å². The molecule has 29 heavy (non-hydrogen) atoms. The molecule has 156 valence electrons. The molecule has 0 saturated carbocycles. The second kappa shape index (κ2) is 11.2. The van der Waals surface area contributed by atoms with Gasteiger partial charge in [0.05, 0.1) is 17.2 Å². The second-order valence-electron chi connectivity index (χ2n) is 6.35. The predicted octanol–water partition coefficient (Wildman–Crippen LogP) is 1.62. The molecule has 2 aromatic rings. The lowest BCUT2D eigenvalue weighted by Crippen LogP contribution is -2.38. The number of nitrogens with zero attached hydrogens (tertiary/aromatic N) is 1. The van der Waals surface area contributed by atoms with Crippen molar-refractivity contribution in [1.29, 1.82) is 0 Å². The van der Waals surface area contributed by atoms with Crippen molar-refractivity contribution in [2.45, 2.75) is 18.2 Å². The molecule has 0 aliphatic carbocycles. The number of aliphatic imine (C=N–C) groups is 1. The van der Waals surface area contributed by atoms with Gasteiger partial charge in [0.25, 0.3) is 5.91 Å². The fourth-order valence-electron chi connectivity index (χ4n) is 2.70. The Kier molecular flexibility index (Phi) is 8.67. The van der Waals surface area contributed by atoms with Crippen LogP contribution >= 0.6 is 0 Å². The van der Waals surface area contributed by atoms with Gasteiger partial charge in [-0.2, -0.15) is 0 Å². The molecule has 0 radical (unpaired) electrons. The lowest BCUT2D eigenvalue weighted by atomic mass is 10.1. The molecule has 7 nitrogen and oxygen atoms in total. The van der Waals surface area contributed by atoms with E-state index in [4.69, 9.17) is 0 Å². The molecule has 3 N–H and O–H groups in total. The number of nitrogens with one attached hydrogen (secondary N) is 3. The van der Waals surface area contributed by atoms with Crippen molar-refractivity contribution in [1.82, 2.24) is 16.0 Å². The van der Waals surface area contributed by atoms with Gasteiger partial charge in [-0.15, -0.1) is 0 Å². The average molecular weight is 417 g/mol. The summed E-state index contributed by atoms with van der Waals surface area (Å²) in [5.41, 5.74) is 1.65. The molecule has 0 bridgehead atoms. The molecule has 0 unspecified atom stereocenters. The van der Waals surface area contributed by atoms with Gasteiger partial charge in [0.15, 0.2) is 15.8 Å². The third-order valence-electron chi connectivity index (χ3n) is 4.20. The summed E-state index contributed by atoms with van der Waals surface area (Å²) >= 11 is 0. The van der Waals surface area contributed by atoms with Crippen LogP contribution < -0.4 is 16.0 Å². The van der Waals surface area contributed by atoms with Crippen molar-refractivity contribution in [2.24, 2.45) is 4.99 Å². The largest absolute Gasteiger partial charge is 0.357 e. The highest BCUT2D eigenvalue weighted by atomic mass is 32.2. The van der Waals surface area contributed by atoms with E-state index < -0.39 is 9.84 Å². The van der Waals surface area contributed by atoms with Gasteiger partial charge in [-0.25, -0.2) is 8.42 Å². The third-order valence-corrected chi connectivity index (χ3v) is 5.91. The van der Waals surface area contributed by atoms with Gasteiger partial charge in [-0.3, -0.25) is 9.79 Å². The second-order valence-corrected chi connectivity index (χ2v) is 8.46. The molecule has 0 aliphatic heterocycles. The summed E-state index contributed by atoms with van der Waals surface area (Å²) in [5.74, 6) is 0.398. The van der Waals surface area contributed by atoms with Crippen LogP contribution in [0.5, 0.6) is 0 Å². The smallest absolute Gasteiger partial charge is 0.251 e. The van der Waals surface area contributed by atoms with Crippen molar-refractivity contribution in [3.63, 3.8) is 0 Å². The van der Waals surface area contributed by atoms with Crippen molar-refractivity contribution in [2.75, 3.05) is 32.4 Å². The highest BCUT2D eigenvalue weighted by Gasteiger charge is 2.13. The van der Waals surface area contributed by atoms with E-state index in [-0.39, 0.29) is 18.2 Å². The normalized spacial score (nSPS) is 11.7. The van der Waals surface area contributed by atoms with Crippen LogP contribution in [0.4, 0.5) is 0 Å². The zero-order valence-electron chi connectivity index (χ0n) is 16.8. The Morgan fingerprint density at radius 3 is 2.48 bits per heavy atom. The van der Waals surface area contributed by atoms with Crippen LogP contribution in [-0.2, 0) is 16.3 Å². The Balaban J connectivity index is 1.90. The van der Waals surface area contributed by atoms with E-state index in [9.17, 15) is 13.2 Å². The van der Waals surface area contributed by atoms with E-state index >= 15 is 0 Å². The first-order chi connectivity index (χ1) is 14.0. The summed E-state index contributed by atoms with van der Waals surface area (Å²) in [6.07, 6.45) is 0.706. The van der Waals surface area contributed by atoms with E-state index in [1.54, 1.807) is 43.4 Å². The first-order valence-electron chi connectivity index (χ1n) is 9.57. The lowest BCUT2D eigenvalue weighted by Gasteiger charge is -2.12. The molecule has 0 saturated heterocycles. The third kappa shape index (κ3) is 7.23. The van der Waals surface area contributed by atoms with E-state index in [2.05, 4.69) is 20.9 Å². The number of carbonyl (C=O) groups is 1. The minimum absolute atomic E-state index is 0.0538. The Labute approximate surface area is 172 Å². The Morgan fingerprint density at radius 1 is 1.03 bits per heavy atom. The Hall–Kier alpha value is -2.87. The topological polar surface area (TPSA) is 99.7 Å². The predicted molar refractivity (Wildman–Crippen MR) is 116 cm³/mol. The number of guanidine groups is 1. The number of benzene rings is 2. The highest BCUT2D eigenvalue weighted by molar-refractivity contribution is 7.91. The van der Waals surface area contributed by atoms with Gasteiger partial charge in [-0.1, -0.05) is 30.3 Å². The molecule has 0 fully saturated rings.